The normalized spacial score (nSPS) is 11.7. The van der Waals surface area contributed by atoms with E-state index in [0.717, 1.165) is 28.9 Å². The fraction of sp³-hybridized carbons (Fsp3) is 0.200. The molecule has 0 heterocycles. The maximum Gasteiger partial charge on any atom is 0.161 e. The Hall–Kier alpha value is -3.04. The minimum Gasteiger partial charge on any atom is -0.493 e. The smallest absolute Gasteiger partial charge is 0.161 e. The second-order valence-electron chi connectivity index (χ2n) is 6.64. The Bertz CT molecular complexity index is 947. The Balaban J connectivity index is 2.33. The first-order chi connectivity index (χ1) is 13.7. The second-order valence-corrected chi connectivity index (χ2v) is 6.64. The van der Waals surface area contributed by atoms with Crippen LogP contribution in [-0.4, -0.2) is 20.8 Å². The van der Waals surface area contributed by atoms with Gasteiger partial charge in [-0.25, -0.2) is 0 Å². The van der Waals surface area contributed by atoms with E-state index in [2.05, 4.69) is 61.5 Å². The van der Waals surface area contributed by atoms with Gasteiger partial charge in [0, 0.05) is 0 Å². The van der Waals surface area contributed by atoms with Crippen LogP contribution >= 0.6 is 0 Å². The van der Waals surface area contributed by atoms with Crippen LogP contribution in [0.3, 0.4) is 0 Å². The molecular weight excluding hydrogens is 346 g/mol. The van der Waals surface area contributed by atoms with Gasteiger partial charge in [-0.05, 0) is 65.4 Å². The molecule has 3 aromatic rings. The van der Waals surface area contributed by atoms with E-state index in [1.807, 2.05) is 18.2 Å². The van der Waals surface area contributed by atoms with Gasteiger partial charge in [0.1, 0.15) is 0 Å². The number of hydrogen-bond acceptors (Lipinski definition) is 3. The summed E-state index contributed by atoms with van der Waals surface area (Å²) in [6.45, 7) is 2.73. The highest BCUT2D eigenvalue weighted by atomic mass is 16.5. The molecule has 3 aromatic carbocycles. The van der Waals surface area contributed by atoms with Gasteiger partial charge < -0.3 is 15.2 Å². The summed E-state index contributed by atoms with van der Waals surface area (Å²) in [6.07, 6.45) is 0.758. The van der Waals surface area contributed by atoms with E-state index in [9.17, 15) is 0 Å². The molecule has 0 saturated carbocycles. The minimum atomic E-state index is 0.564. The van der Waals surface area contributed by atoms with Crippen molar-refractivity contribution in [3.05, 3.63) is 95.1 Å². The highest BCUT2D eigenvalue weighted by Crippen LogP contribution is 2.39. The van der Waals surface area contributed by atoms with Crippen LogP contribution in [0.4, 0.5) is 0 Å². The van der Waals surface area contributed by atoms with Crippen molar-refractivity contribution in [2.24, 2.45) is 5.73 Å². The van der Waals surface area contributed by atoms with Gasteiger partial charge in [0.05, 0.1) is 14.2 Å². The van der Waals surface area contributed by atoms with Crippen molar-refractivity contribution in [3.63, 3.8) is 0 Å². The number of allylic oxidation sites excluding steroid dienone is 1. The Morgan fingerprint density at radius 1 is 0.786 bits per heavy atom. The molecule has 144 valence electrons. The third-order valence-electron chi connectivity index (χ3n) is 4.94. The summed E-state index contributed by atoms with van der Waals surface area (Å²) >= 11 is 0. The predicted molar refractivity (Wildman–Crippen MR) is 117 cm³/mol. The quantitative estimate of drug-likeness (QED) is 0.580. The van der Waals surface area contributed by atoms with Gasteiger partial charge in [0.25, 0.3) is 0 Å². The summed E-state index contributed by atoms with van der Waals surface area (Å²) in [4.78, 5) is 0. The lowest BCUT2D eigenvalue weighted by Gasteiger charge is -2.20. The average Bonchev–Trinajstić information content (AvgIpc) is 2.76. The average molecular weight is 373 g/mol. The van der Waals surface area contributed by atoms with Gasteiger partial charge in [0.2, 0.25) is 0 Å². The molecule has 0 aromatic heterocycles. The molecule has 0 fully saturated rings. The van der Waals surface area contributed by atoms with E-state index < -0.39 is 0 Å². The van der Waals surface area contributed by atoms with E-state index in [-0.39, 0.29) is 0 Å². The molecule has 3 rings (SSSR count). The molecule has 0 atom stereocenters. The monoisotopic (exact) mass is 373 g/mol. The molecule has 0 aliphatic heterocycles. The van der Waals surface area contributed by atoms with E-state index in [4.69, 9.17) is 15.2 Å². The van der Waals surface area contributed by atoms with Crippen LogP contribution in [-0.2, 0) is 6.42 Å². The van der Waals surface area contributed by atoms with Crippen LogP contribution in [0, 0.1) is 0 Å². The first-order valence-corrected chi connectivity index (χ1v) is 9.46. The molecule has 0 unspecified atom stereocenters. The van der Waals surface area contributed by atoms with Crippen LogP contribution in [0.5, 0.6) is 11.5 Å². The third-order valence-corrected chi connectivity index (χ3v) is 4.94. The zero-order valence-corrected chi connectivity index (χ0v) is 16.7. The fourth-order valence-electron chi connectivity index (χ4n) is 3.53. The molecule has 0 saturated heterocycles. The molecule has 0 radical (unpaired) electrons. The van der Waals surface area contributed by atoms with Gasteiger partial charge >= 0.3 is 0 Å². The third kappa shape index (κ3) is 4.10. The molecular formula is C25H27NO2. The lowest BCUT2D eigenvalue weighted by Crippen LogP contribution is -2.07. The Kier molecular flexibility index (Phi) is 6.51. The van der Waals surface area contributed by atoms with E-state index in [1.54, 1.807) is 14.2 Å². The molecule has 0 amide bonds. The van der Waals surface area contributed by atoms with Gasteiger partial charge in [0.15, 0.2) is 11.5 Å². The van der Waals surface area contributed by atoms with Crippen molar-refractivity contribution >= 4 is 11.1 Å². The molecule has 3 heteroatoms. The number of nitrogens with two attached hydrogens (primary N) is 1. The Labute approximate surface area is 167 Å². The van der Waals surface area contributed by atoms with Gasteiger partial charge in [-0.3, -0.25) is 0 Å². The Morgan fingerprint density at radius 3 is 1.86 bits per heavy atom. The summed E-state index contributed by atoms with van der Waals surface area (Å²) in [5.41, 5.74) is 12.9. The van der Waals surface area contributed by atoms with E-state index in [1.165, 1.54) is 16.7 Å². The maximum atomic E-state index is 5.93. The van der Waals surface area contributed by atoms with Crippen molar-refractivity contribution in [1.82, 2.24) is 0 Å². The predicted octanol–water partition coefficient (Wildman–Crippen LogP) is 5.18. The number of hydrogen-bond donors (Lipinski definition) is 1. The van der Waals surface area contributed by atoms with Gasteiger partial charge in [-0.2, -0.15) is 0 Å². The van der Waals surface area contributed by atoms with Crippen molar-refractivity contribution in [1.29, 1.82) is 0 Å². The summed E-state index contributed by atoms with van der Waals surface area (Å²) in [7, 11) is 3.33. The lowest BCUT2D eigenvalue weighted by atomic mass is 9.87. The van der Waals surface area contributed by atoms with Crippen molar-refractivity contribution in [3.8, 4) is 11.5 Å². The summed E-state index contributed by atoms with van der Waals surface area (Å²) < 4.78 is 11.1. The fourth-order valence-corrected chi connectivity index (χ4v) is 3.53. The number of methoxy groups -OCH3 is 2. The first-order valence-electron chi connectivity index (χ1n) is 9.46. The highest BCUT2D eigenvalue weighted by Gasteiger charge is 2.18. The molecule has 28 heavy (non-hydrogen) atoms. The largest absolute Gasteiger partial charge is 0.493 e. The number of benzene rings is 3. The summed E-state index contributed by atoms with van der Waals surface area (Å²) in [6, 6.07) is 25.0. The van der Waals surface area contributed by atoms with Crippen LogP contribution < -0.4 is 15.2 Å². The maximum absolute atomic E-state index is 5.93. The highest BCUT2D eigenvalue weighted by molar-refractivity contribution is 5.99. The molecule has 2 N–H and O–H groups in total. The zero-order valence-electron chi connectivity index (χ0n) is 16.7. The van der Waals surface area contributed by atoms with Crippen molar-refractivity contribution in [2.75, 3.05) is 20.8 Å². The van der Waals surface area contributed by atoms with Crippen LogP contribution in [0.1, 0.15) is 29.2 Å². The van der Waals surface area contributed by atoms with Crippen LogP contribution in [0.15, 0.2) is 72.8 Å². The number of rotatable bonds is 7. The van der Waals surface area contributed by atoms with Crippen LogP contribution in [0.25, 0.3) is 11.1 Å². The Morgan fingerprint density at radius 2 is 1.32 bits per heavy atom. The SMILES string of the molecule is COc1cc(CCN)c(/C(=C(\C)c2ccccc2)c2ccccc2)cc1OC. The van der Waals surface area contributed by atoms with Gasteiger partial charge in [-0.15, -0.1) is 0 Å². The van der Waals surface area contributed by atoms with Gasteiger partial charge in [-0.1, -0.05) is 60.7 Å². The minimum absolute atomic E-state index is 0.564. The first kappa shape index (κ1) is 19.7. The van der Waals surface area contributed by atoms with E-state index >= 15 is 0 Å². The molecule has 3 nitrogen and oxygen atoms in total. The van der Waals surface area contributed by atoms with Crippen molar-refractivity contribution in [2.45, 2.75) is 13.3 Å². The van der Waals surface area contributed by atoms with Crippen molar-refractivity contribution < 1.29 is 9.47 Å². The molecule has 0 aliphatic carbocycles. The topological polar surface area (TPSA) is 44.5 Å². The molecule has 0 spiro atoms. The molecule has 0 bridgehead atoms. The number of ether oxygens (including phenoxy) is 2. The second kappa shape index (κ2) is 9.25. The summed E-state index contributed by atoms with van der Waals surface area (Å²) in [5, 5.41) is 0. The standard InChI is InChI=1S/C25H27NO2/c1-18(19-10-6-4-7-11-19)25(20-12-8-5-9-13-20)22-17-24(28-3)23(27-2)16-21(22)14-15-26/h4-13,16-17H,14-15,26H2,1-3H3/b25-18+. The zero-order chi connectivity index (χ0) is 19.9. The summed E-state index contributed by atoms with van der Waals surface area (Å²) in [5.74, 6) is 1.44. The molecule has 0 aliphatic rings. The van der Waals surface area contributed by atoms with Crippen LogP contribution in [0.2, 0.25) is 0 Å². The lowest BCUT2D eigenvalue weighted by molar-refractivity contribution is 0.354. The van der Waals surface area contributed by atoms with E-state index in [0.29, 0.717) is 12.3 Å².